The Balaban J connectivity index is 2.53. The Bertz CT molecular complexity index is 415. The van der Waals surface area contributed by atoms with E-state index in [4.69, 9.17) is 4.74 Å². The standard InChI is InChI=1S/C11H15Br2N3O2/c1-7(11(17)14-3-4-18-2)16-10-9(13)5-8(12)6-15-10/h5-7H,3-4H2,1-2H3,(H,14,17)(H,15,16). The van der Waals surface area contributed by atoms with Crippen molar-refractivity contribution in [3.8, 4) is 0 Å². The predicted octanol–water partition coefficient (Wildman–Crippen LogP) is 2.17. The molecule has 1 unspecified atom stereocenters. The number of nitrogens with one attached hydrogen (secondary N) is 2. The molecule has 2 N–H and O–H groups in total. The summed E-state index contributed by atoms with van der Waals surface area (Å²) in [5.41, 5.74) is 0. The molecule has 0 spiro atoms. The van der Waals surface area contributed by atoms with Crippen LogP contribution >= 0.6 is 31.9 Å². The predicted molar refractivity (Wildman–Crippen MR) is 77.6 cm³/mol. The molecule has 0 aliphatic carbocycles. The fourth-order valence-electron chi connectivity index (χ4n) is 1.22. The lowest BCUT2D eigenvalue weighted by atomic mass is 10.3. The zero-order valence-electron chi connectivity index (χ0n) is 10.2. The number of carbonyl (C=O) groups is 1. The van der Waals surface area contributed by atoms with E-state index >= 15 is 0 Å². The SMILES string of the molecule is COCCNC(=O)C(C)Nc1ncc(Br)cc1Br. The quantitative estimate of drug-likeness (QED) is 0.742. The second-order valence-electron chi connectivity index (χ2n) is 3.63. The van der Waals surface area contributed by atoms with Crippen molar-refractivity contribution in [2.45, 2.75) is 13.0 Å². The van der Waals surface area contributed by atoms with Gasteiger partial charge in [-0.05, 0) is 44.8 Å². The van der Waals surface area contributed by atoms with Gasteiger partial charge in [0, 0.05) is 24.3 Å². The number of anilines is 1. The summed E-state index contributed by atoms with van der Waals surface area (Å²) in [5.74, 6) is 0.538. The number of methoxy groups -OCH3 is 1. The van der Waals surface area contributed by atoms with Gasteiger partial charge in [-0.3, -0.25) is 4.79 Å². The first-order chi connectivity index (χ1) is 8.54. The van der Waals surface area contributed by atoms with Crippen LogP contribution in [0.1, 0.15) is 6.92 Å². The molecular formula is C11H15Br2N3O2. The van der Waals surface area contributed by atoms with Crippen molar-refractivity contribution < 1.29 is 9.53 Å². The van der Waals surface area contributed by atoms with Gasteiger partial charge in [0.25, 0.3) is 0 Å². The topological polar surface area (TPSA) is 63.2 Å². The lowest BCUT2D eigenvalue weighted by molar-refractivity contribution is -0.121. The van der Waals surface area contributed by atoms with E-state index in [0.29, 0.717) is 19.0 Å². The Morgan fingerprint density at radius 2 is 2.28 bits per heavy atom. The first-order valence-corrected chi connectivity index (χ1v) is 6.97. The van der Waals surface area contributed by atoms with E-state index in [-0.39, 0.29) is 11.9 Å². The summed E-state index contributed by atoms with van der Waals surface area (Å²) in [6.07, 6.45) is 1.67. The minimum Gasteiger partial charge on any atom is -0.383 e. The van der Waals surface area contributed by atoms with E-state index in [1.54, 1.807) is 20.2 Å². The zero-order valence-corrected chi connectivity index (χ0v) is 13.3. The summed E-state index contributed by atoms with van der Waals surface area (Å²) in [4.78, 5) is 15.9. The summed E-state index contributed by atoms with van der Waals surface area (Å²) in [5, 5.41) is 5.79. The molecule has 18 heavy (non-hydrogen) atoms. The number of nitrogens with zero attached hydrogens (tertiary/aromatic N) is 1. The Morgan fingerprint density at radius 3 is 2.89 bits per heavy atom. The highest BCUT2D eigenvalue weighted by Crippen LogP contribution is 2.23. The van der Waals surface area contributed by atoms with Gasteiger partial charge in [0.05, 0.1) is 11.1 Å². The molecule has 0 radical (unpaired) electrons. The Hall–Kier alpha value is -0.660. The minimum atomic E-state index is -0.369. The monoisotopic (exact) mass is 379 g/mol. The summed E-state index contributed by atoms with van der Waals surface area (Å²) in [6.45, 7) is 2.77. The Morgan fingerprint density at radius 1 is 1.56 bits per heavy atom. The molecule has 1 aromatic rings. The summed E-state index contributed by atoms with van der Waals surface area (Å²) < 4.78 is 6.53. The third kappa shape index (κ3) is 4.91. The number of pyridine rings is 1. The average molecular weight is 381 g/mol. The second kappa shape index (κ2) is 7.70. The maximum atomic E-state index is 11.7. The smallest absolute Gasteiger partial charge is 0.242 e. The third-order valence-electron chi connectivity index (χ3n) is 2.16. The van der Waals surface area contributed by atoms with Crippen molar-refractivity contribution in [3.63, 3.8) is 0 Å². The molecule has 100 valence electrons. The van der Waals surface area contributed by atoms with Gasteiger partial charge in [0.15, 0.2) is 0 Å². The van der Waals surface area contributed by atoms with Crippen LogP contribution in [0.5, 0.6) is 0 Å². The largest absolute Gasteiger partial charge is 0.383 e. The summed E-state index contributed by atoms with van der Waals surface area (Å²) in [7, 11) is 1.59. The average Bonchev–Trinajstić information content (AvgIpc) is 2.32. The van der Waals surface area contributed by atoms with Crippen LogP contribution in [-0.4, -0.2) is 37.2 Å². The summed E-state index contributed by atoms with van der Waals surface area (Å²) in [6, 6.07) is 1.50. The van der Waals surface area contributed by atoms with Crippen LogP contribution < -0.4 is 10.6 Å². The molecule has 0 bridgehead atoms. The van der Waals surface area contributed by atoms with E-state index in [0.717, 1.165) is 8.95 Å². The maximum Gasteiger partial charge on any atom is 0.242 e. The fourth-order valence-corrected chi connectivity index (χ4v) is 2.32. The van der Waals surface area contributed by atoms with Crippen molar-refractivity contribution in [1.82, 2.24) is 10.3 Å². The third-order valence-corrected chi connectivity index (χ3v) is 3.20. The van der Waals surface area contributed by atoms with Crippen molar-refractivity contribution in [2.75, 3.05) is 25.6 Å². The molecular weight excluding hydrogens is 366 g/mol. The van der Waals surface area contributed by atoms with E-state index < -0.39 is 0 Å². The van der Waals surface area contributed by atoms with Crippen molar-refractivity contribution in [1.29, 1.82) is 0 Å². The number of ether oxygens (including phenoxy) is 1. The van der Waals surface area contributed by atoms with E-state index in [2.05, 4.69) is 47.5 Å². The number of amides is 1. The highest BCUT2D eigenvalue weighted by Gasteiger charge is 2.14. The van der Waals surface area contributed by atoms with Crippen LogP contribution in [0.25, 0.3) is 0 Å². The first kappa shape index (κ1) is 15.4. The van der Waals surface area contributed by atoms with Gasteiger partial charge in [-0.1, -0.05) is 0 Å². The molecule has 1 aromatic heterocycles. The fraction of sp³-hybridized carbons (Fsp3) is 0.455. The Kier molecular flexibility index (Phi) is 6.59. The molecule has 0 aromatic carbocycles. The lowest BCUT2D eigenvalue weighted by Gasteiger charge is -2.15. The van der Waals surface area contributed by atoms with Gasteiger partial charge in [0.2, 0.25) is 5.91 Å². The van der Waals surface area contributed by atoms with Gasteiger partial charge in [-0.25, -0.2) is 4.98 Å². The molecule has 0 fully saturated rings. The van der Waals surface area contributed by atoms with Crippen molar-refractivity contribution in [2.24, 2.45) is 0 Å². The van der Waals surface area contributed by atoms with Gasteiger partial charge in [-0.2, -0.15) is 0 Å². The molecule has 0 aliphatic rings. The van der Waals surface area contributed by atoms with Gasteiger partial charge >= 0.3 is 0 Å². The number of aromatic nitrogens is 1. The number of carbonyl (C=O) groups excluding carboxylic acids is 1. The van der Waals surface area contributed by atoms with Gasteiger partial charge in [0.1, 0.15) is 11.9 Å². The molecule has 0 saturated carbocycles. The number of halogens is 2. The molecule has 0 aliphatic heterocycles. The summed E-state index contributed by atoms with van der Waals surface area (Å²) >= 11 is 6.70. The molecule has 1 heterocycles. The van der Waals surface area contributed by atoms with Crippen LogP contribution in [0.4, 0.5) is 5.82 Å². The molecule has 1 atom stereocenters. The van der Waals surface area contributed by atoms with Gasteiger partial charge in [-0.15, -0.1) is 0 Å². The van der Waals surface area contributed by atoms with Crippen LogP contribution in [0.3, 0.4) is 0 Å². The highest BCUT2D eigenvalue weighted by molar-refractivity contribution is 9.11. The van der Waals surface area contributed by atoms with E-state index in [1.807, 2.05) is 6.07 Å². The van der Waals surface area contributed by atoms with E-state index in [9.17, 15) is 4.79 Å². The number of hydrogen-bond donors (Lipinski definition) is 2. The van der Waals surface area contributed by atoms with E-state index in [1.165, 1.54) is 0 Å². The van der Waals surface area contributed by atoms with Crippen LogP contribution in [0.15, 0.2) is 21.2 Å². The Labute approximate surface area is 123 Å². The normalized spacial score (nSPS) is 12.0. The zero-order chi connectivity index (χ0) is 13.5. The highest BCUT2D eigenvalue weighted by atomic mass is 79.9. The maximum absolute atomic E-state index is 11.7. The first-order valence-electron chi connectivity index (χ1n) is 5.39. The molecule has 5 nitrogen and oxygen atoms in total. The van der Waals surface area contributed by atoms with Crippen LogP contribution in [-0.2, 0) is 9.53 Å². The molecule has 1 rings (SSSR count). The number of rotatable bonds is 6. The molecule has 1 amide bonds. The van der Waals surface area contributed by atoms with Crippen LogP contribution in [0.2, 0.25) is 0 Å². The lowest BCUT2D eigenvalue weighted by Crippen LogP contribution is -2.39. The van der Waals surface area contributed by atoms with Crippen molar-refractivity contribution >= 4 is 43.6 Å². The van der Waals surface area contributed by atoms with Crippen molar-refractivity contribution in [3.05, 3.63) is 21.2 Å². The van der Waals surface area contributed by atoms with Crippen LogP contribution in [0, 0.1) is 0 Å². The minimum absolute atomic E-state index is 0.0938. The molecule has 7 heteroatoms. The number of hydrogen-bond acceptors (Lipinski definition) is 4. The second-order valence-corrected chi connectivity index (χ2v) is 5.40. The van der Waals surface area contributed by atoms with Gasteiger partial charge < -0.3 is 15.4 Å². The molecule has 0 saturated heterocycles.